The Balaban J connectivity index is 2.23. The summed E-state index contributed by atoms with van der Waals surface area (Å²) in [6.07, 6.45) is 0.620. The number of nitrogens with one attached hydrogen (secondary N) is 1. The zero-order valence-electron chi connectivity index (χ0n) is 8.33. The van der Waals surface area contributed by atoms with Gasteiger partial charge in [0.05, 0.1) is 5.69 Å². The van der Waals surface area contributed by atoms with E-state index in [-0.39, 0.29) is 0 Å². The summed E-state index contributed by atoms with van der Waals surface area (Å²) in [5.74, 6) is 0. The molecule has 0 bridgehead atoms. The Kier molecular flexibility index (Phi) is 2.77. The van der Waals surface area contributed by atoms with Gasteiger partial charge in [-0.3, -0.25) is 0 Å². The summed E-state index contributed by atoms with van der Waals surface area (Å²) in [6.45, 7) is 0. The van der Waals surface area contributed by atoms with E-state index >= 15 is 0 Å². The molecule has 0 aliphatic rings. The molecule has 0 heterocycles. The minimum Gasteiger partial charge on any atom is -0.358 e. The third-order valence-electron chi connectivity index (χ3n) is 2.10. The first-order valence-corrected chi connectivity index (χ1v) is 4.67. The van der Waals surface area contributed by atoms with E-state index in [1.54, 1.807) is 0 Å². The molecule has 0 saturated carbocycles. The van der Waals surface area contributed by atoms with E-state index in [0.717, 1.165) is 16.5 Å². The molecule has 5 heteroatoms. The molecule has 0 atom stereocenters. The maximum Gasteiger partial charge on any atom is 0.352 e. The predicted octanol–water partition coefficient (Wildman–Crippen LogP) is 2.47. The number of fused-ring (bicyclic) bond motifs is 1. The molecule has 0 aliphatic heterocycles. The van der Waals surface area contributed by atoms with Crippen LogP contribution in [0.2, 0.25) is 0 Å². The summed E-state index contributed by atoms with van der Waals surface area (Å²) < 4.78 is 0. The minimum atomic E-state index is -0.617. The first kappa shape index (κ1) is 10.1. The largest absolute Gasteiger partial charge is 0.358 e. The molecule has 0 amide bonds. The van der Waals surface area contributed by atoms with Gasteiger partial charge in [-0.25, -0.2) is 0 Å². The lowest BCUT2D eigenvalue weighted by Crippen LogP contribution is -1.96. The van der Waals surface area contributed by atoms with Gasteiger partial charge >= 0.3 is 6.34 Å². The molecular formula is C11H9N3O2. The van der Waals surface area contributed by atoms with Crippen molar-refractivity contribution in [3.63, 3.8) is 0 Å². The van der Waals surface area contributed by atoms with Crippen molar-refractivity contribution in [1.82, 2.24) is 0 Å². The molecule has 0 unspecified atom stereocenters. The summed E-state index contributed by atoms with van der Waals surface area (Å²) in [5, 5.41) is 15.7. The molecule has 2 aromatic carbocycles. The van der Waals surface area contributed by atoms with E-state index in [1.807, 2.05) is 42.5 Å². The number of hydrazone groups is 1. The second kappa shape index (κ2) is 4.39. The van der Waals surface area contributed by atoms with E-state index in [2.05, 4.69) is 10.5 Å². The Morgan fingerprint density at radius 2 is 1.94 bits per heavy atom. The molecule has 5 nitrogen and oxygen atoms in total. The number of benzene rings is 2. The van der Waals surface area contributed by atoms with Crippen LogP contribution < -0.4 is 5.43 Å². The second-order valence-electron chi connectivity index (χ2n) is 3.20. The summed E-state index contributed by atoms with van der Waals surface area (Å²) in [5.41, 5.74) is 3.32. The van der Waals surface area contributed by atoms with Crippen LogP contribution in [0.3, 0.4) is 0 Å². The molecule has 2 aromatic rings. The SMILES string of the molecule is O=[N+]([O-])/C=N/Nc1ccc2ccccc2c1. The lowest BCUT2D eigenvalue weighted by Gasteiger charge is -1.99. The summed E-state index contributed by atoms with van der Waals surface area (Å²) in [7, 11) is 0. The predicted molar refractivity (Wildman–Crippen MR) is 63.1 cm³/mol. The van der Waals surface area contributed by atoms with Crippen molar-refractivity contribution in [3.05, 3.63) is 52.6 Å². The van der Waals surface area contributed by atoms with Gasteiger partial charge in [-0.15, -0.1) is 0 Å². The quantitative estimate of drug-likeness (QED) is 0.370. The minimum absolute atomic E-state index is 0.617. The normalized spacial score (nSPS) is 10.8. The van der Waals surface area contributed by atoms with E-state index in [4.69, 9.17) is 0 Å². The average Bonchev–Trinajstić information content (AvgIpc) is 2.28. The fourth-order valence-corrected chi connectivity index (χ4v) is 1.41. The number of anilines is 1. The van der Waals surface area contributed by atoms with E-state index in [0.29, 0.717) is 6.34 Å². The molecule has 80 valence electrons. The van der Waals surface area contributed by atoms with E-state index < -0.39 is 4.92 Å². The van der Waals surface area contributed by atoms with Crippen molar-refractivity contribution in [2.45, 2.75) is 0 Å². The molecule has 0 fully saturated rings. The van der Waals surface area contributed by atoms with E-state index in [9.17, 15) is 10.1 Å². The van der Waals surface area contributed by atoms with Crippen LogP contribution in [0.1, 0.15) is 0 Å². The molecule has 16 heavy (non-hydrogen) atoms. The number of rotatable bonds is 3. The maximum absolute atomic E-state index is 10.0. The van der Waals surface area contributed by atoms with Crippen LogP contribution in [-0.2, 0) is 0 Å². The number of nitro groups is 1. The van der Waals surface area contributed by atoms with Gasteiger partial charge in [0.2, 0.25) is 0 Å². The van der Waals surface area contributed by atoms with Crippen LogP contribution in [0.25, 0.3) is 10.8 Å². The molecular weight excluding hydrogens is 206 g/mol. The van der Waals surface area contributed by atoms with Crippen molar-refractivity contribution < 1.29 is 4.92 Å². The van der Waals surface area contributed by atoms with Gasteiger partial charge in [-0.1, -0.05) is 30.3 Å². The third kappa shape index (κ3) is 2.33. The van der Waals surface area contributed by atoms with Gasteiger partial charge in [-0.2, -0.15) is 5.43 Å². The average molecular weight is 215 g/mol. The van der Waals surface area contributed by atoms with Crippen LogP contribution >= 0.6 is 0 Å². The summed E-state index contributed by atoms with van der Waals surface area (Å²) in [6, 6.07) is 13.5. The molecule has 2 rings (SSSR count). The molecule has 0 aromatic heterocycles. The lowest BCUT2D eigenvalue weighted by atomic mass is 10.1. The van der Waals surface area contributed by atoms with Gasteiger partial charge in [0.25, 0.3) is 0 Å². The molecule has 0 aliphatic carbocycles. The van der Waals surface area contributed by atoms with Crippen molar-refractivity contribution >= 4 is 22.8 Å². The van der Waals surface area contributed by atoms with E-state index in [1.165, 1.54) is 0 Å². The smallest absolute Gasteiger partial charge is 0.352 e. The maximum atomic E-state index is 10.0. The lowest BCUT2D eigenvalue weighted by molar-refractivity contribution is -0.339. The third-order valence-corrected chi connectivity index (χ3v) is 2.10. The van der Waals surface area contributed by atoms with Gasteiger partial charge in [0, 0.05) is 5.10 Å². The Labute approximate surface area is 91.5 Å². The number of hydrogen-bond acceptors (Lipinski definition) is 4. The topological polar surface area (TPSA) is 67.5 Å². The first-order valence-electron chi connectivity index (χ1n) is 4.67. The zero-order valence-corrected chi connectivity index (χ0v) is 8.33. The monoisotopic (exact) mass is 215 g/mol. The zero-order chi connectivity index (χ0) is 11.4. The molecule has 0 saturated heterocycles. The fraction of sp³-hybridized carbons (Fsp3) is 0. The van der Waals surface area contributed by atoms with Gasteiger partial charge < -0.3 is 10.1 Å². The van der Waals surface area contributed by atoms with Gasteiger partial charge in [0.1, 0.15) is 0 Å². The fourth-order valence-electron chi connectivity index (χ4n) is 1.41. The van der Waals surface area contributed by atoms with Gasteiger partial charge in [-0.05, 0) is 27.8 Å². The summed E-state index contributed by atoms with van der Waals surface area (Å²) in [4.78, 5) is 9.40. The van der Waals surface area contributed by atoms with Crippen molar-refractivity contribution in [1.29, 1.82) is 0 Å². The Morgan fingerprint density at radius 3 is 2.69 bits per heavy atom. The second-order valence-corrected chi connectivity index (χ2v) is 3.20. The van der Waals surface area contributed by atoms with Crippen LogP contribution in [0.5, 0.6) is 0 Å². The van der Waals surface area contributed by atoms with Crippen molar-refractivity contribution in [3.8, 4) is 0 Å². The van der Waals surface area contributed by atoms with Crippen molar-refractivity contribution in [2.75, 3.05) is 5.43 Å². The summed E-state index contributed by atoms with van der Waals surface area (Å²) >= 11 is 0. The number of nitrogens with zero attached hydrogens (tertiary/aromatic N) is 2. The highest BCUT2D eigenvalue weighted by molar-refractivity contribution is 5.85. The number of hydrogen-bond donors (Lipinski definition) is 1. The first-order chi connectivity index (χ1) is 7.75. The van der Waals surface area contributed by atoms with Gasteiger partial charge in [0.15, 0.2) is 0 Å². The standard InChI is InChI=1S/C11H9N3O2/c15-14(16)8-12-13-11-6-5-9-3-1-2-4-10(9)7-11/h1-8,13H/b12-8+. The highest BCUT2D eigenvalue weighted by atomic mass is 16.6. The Bertz CT molecular complexity index is 552. The van der Waals surface area contributed by atoms with Crippen LogP contribution in [0, 0.1) is 10.1 Å². The Morgan fingerprint density at radius 1 is 1.19 bits per heavy atom. The highest BCUT2D eigenvalue weighted by Gasteiger charge is 1.96. The van der Waals surface area contributed by atoms with Crippen LogP contribution in [0.4, 0.5) is 5.69 Å². The Hall–Kier alpha value is -2.43. The van der Waals surface area contributed by atoms with Crippen LogP contribution in [0.15, 0.2) is 47.6 Å². The van der Waals surface area contributed by atoms with Crippen molar-refractivity contribution in [2.24, 2.45) is 5.10 Å². The molecule has 0 radical (unpaired) electrons. The molecule has 0 spiro atoms. The molecule has 1 N–H and O–H groups in total. The highest BCUT2D eigenvalue weighted by Crippen LogP contribution is 2.18. The van der Waals surface area contributed by atoms with Crippen LogP contribution in [-0.4, -0.2) is 11.3 Å².